The molecular weight excluding hydrogens is 390 g/mol. The van der Waals surface area contributed by atoms with Gasteiger partial charge in [0.1, 0.15) is 5.82 Å². The summed E-state index contributed by atoms with van der Waals surface area (Å²) in [6.07, 6.45) is 2.67. The first kappa shape index (κ1) is 20.4. The predicted octanol–water partition coefficient (Wildman–Crippen LogP) is 3.92. The minimum Gasteiger partial charge on any atom is -0.361 e. The van der Waals surface area contributed by atoms with Gasteiger partial charge in [0.2, 0.25) is 5.91 Å². The fourth-order valence-electron chi connectivity index (χ4n) is 3.36. The van der Waals surface area contributed by atoms with Crippen LogP contribution in [0.5, 0.6) is 0 Å². The summed E-state index contributed by atoms with van der Waals surface area (Å²) >= 11 is 0. The summed E-state index contributed by atoms with van der Waals surface area (Å²) < 4.78 is 1.58. The number of aromatic nitrogens is 3. The number of carbonyl (C=O) groups excluding carboxylic acids is 2. The van der Waals surface area contributed by atoms with Crippen molar-refractivity contribution in [1.29, 1.82) is 0 Å². The molecule has 0 spiro atoms. The molecule has 0 saturated carbocycles. The molecule has 158 valence electrons. The van der Waals surface area contributed by atoms with Crippen LogP contribution in [-0.2, 0) is 11.2 Å². The second kappa shape index (κ2) is 8.87. The first-order valence-corrected chi connectivity index (χ1v) is 10.3. The summed E-state index contributed by atoms with van der Waals surface area (Å²) in [6, 6.07) is 19.1. The number of carbonyl (C=O) groups is 2. The van der Waals surface area contributed by atoms with Crippen molar-refractivity contribution in [2.75, 3.05) is 11.9 Å². The maximum atomic E-state index is 12.7. The van der Waals surface area contributed by atoms with Crippen LogP contribution >= 0.6 is 0 Å². The van der Waals surface area contributed by atoms with Crippen molar-refractivity contribution < 1.29 is 9.59 Å². The van der Waals surface area contributed by atoms with E-state index >= 15 is 0 Å². The van der Waals surface area contributed by atoms with Gasteiger partial charge in [-0.1, -0.05) is 50.2 Å². The molecule has 0 radical (unpaired) electrons. The van der Waals surface area contributed by atoms with Gasteiger partial charge >= 0.3 is 0 Å². The third-order valence-electron chi connectivity index (χ3n) is 5.07. The minimum absolute atomic E-state index is 0.136. The Hall–Kier alpha value is -3.87. The third-order valence-corrected chi connectivity index (χ3v) is 5.07. The number of hydrogen-bond acceptors (Lipinski definition) is 3. The highest BCUT2D eigenvalue weighted by Crippen LogP contribution is 2.19. The molecule has 0 atom stereocenters. The van der Waals surface area contributed by atoms with E-state index in [1.165, 1.54) is 0 Å². The summed E-state index contributed by atoms with van der Waals surface area (Å²) in [5.74, 6) is -0.141. The average molecular weight is 415 g/mol. The van der Waals surface area contributed by atoms with Crippen LogP contribution in [0.15, 0.2) is 66.9 Å². The number of aromatic amines is 1. The maximum Gasteiger partial charge on any atom is 0.271 e. The van der Waals surface area contributed by atoms with E-state index in [0.29, 0.717) is 18.8 Å². The van der Waals surface area contributed by atoms with Crippen molar-refractivity contribution in [3.63, 3.8) is 0 Å². The number of para-hydroxylation sites is 2. The van der Waals surface area contributed by atoms with Gasteiger partial charge in [0.05, 0.1) is 5.69 Å². The van der Waals surface area contributed by atoms with E-state index in [9.17, 15) is 9.59 Å². The normalized spacial score (nSPS) is 11.1. The van der Waals surface area contributed by atoms with E-state index in [4.69, 9.17) is 0 Å². The zero-order valence-corrected chi connectivity index (χ0v) is 17.6. The zero-order chi connectivity index (χ0) is 21.8. The van der Waals surface area contributed by atoms with Crippen LogP contribution in [-0.4, -0.2) is 33.1 Å². The highest BCUT2D eigenvalue weighted by molar-refractivity contribution is 5.96. The van der Waals surface area contributed by atoms with Crippen LogP contribution in [0.1, 0.15) is 29.9 Å². The molecule has 7 nitrogen and oxygen atoms in total. The largest absolute Gasteiger partial charge is 0.361 e. The molecule has 3 N–H and O–H groups in total. The van der Waals surface area contributed by atoms with Gasteiger partial charge in [-0.15, -0.1) is 0 Å². The van der Waals surface area contributed by atoms with Crippen molar-refractivity contribution in [3.8, 4) is 5.69 Å². The molecule has 2 heterocycles. The van der Waals surface area contributed by atoms with Crippen LogP contribution in [0.3, 0.4) is 0 Å². The van der Waals surface area contributed by atoms with Crippen molar-refractivity contribution in [2.45, 2.75) is 20.3 Å². The first-order valence-electron chi connectivity index (χ1n) is 10.3. The number of rotatable bonds is 7. The fraction of sp³-hybridized carbons (Fsp3) is 0.208. The number of nitrogens with zero attached hydrogens (tertiary/aromatic N) is 2. The fourth-order valence-corrected chi connectivity index (χ4v) is 3.36. The Labute approximate surface area is 180 Å². The lowest BCUT2D eigenvalue weighted by Crippen LogP contribution is -2.26. The van der Waals surface area contributed by atoms with E-state index in [2.05, 4.69) is 26.8 Å². The summed E-state index contributed by atoms with van der Waals surface area (Å²) in [6.45, 7) is 4.11. The molecular formula is C24H25N5O2. The van der Waals surface area contributed by atoms with Gasteiger partial charge in [0.15, 0.2) is 5.69 Å². The second-order valence-corrected chi connectivity index (χ2v) is 7.67. The monoisotopic (exact) mass is 415 g/mol. The maximum absolute atomic E-state index is 12.7. The van der Waals surface area contributed by atoms with E-state index in [0.717, 1.165) is 22.2 Å². The van der Waals surface area contributed by atoms with Crippen LogP contribution in [0.2, 0.25) is 0 Å². The number of anilines is 1. The number of H-pyrrole nitrogens is 1. The summed E-state index contributed by atoms with van der Waals surface area (Å²) in [4.78, 5) is 28.2. The quantitative estimate of drug-likeness (QED) is 0.427. The van der Waals surface area contributed by atoms with E-state index < -0.39 is 0 Å². The van der Waals surface area contributed by atoms with E-state index in [1.54, 1.807) is 10.7 Å². The van der Waals surface area contributed by atoms with Crippen LogP contribution < -0.4 is 10.6 Å². The molecule has 0 aliphatic heterocycles. The molecule has 7 heteroatoms. The van der Waals surface area contributed by atoms with Gasteiger partial charge in [-0.2, -0.15) is 5.10 Å². The average Bonchev–Trinajstić information content (AvgIpc) is 3.39. The lowest BCUT2D eigenvalue weighted by molar-refractivity contribution is -0.118. The van der Waals surface area contributed by atoms with Gasteiger partial charge in [0, 0.05) is 35.6 Å². The van der Waals surface area contributed by atoms with E-state index in [-0.39, 0.29) is 23.4 Å². The lowest BCUT2D eigenvalue weighted by atomic mass is 10.1. The van der Waals surface area contributed by atoms with Gasteiger partial charge in [-0.05, 0) is 30.2 Å². The number of amides is 2. The van der Waals surface area contributed by atoms with Gasteiger partial charge in [-0.25, -0.2) is 4.68 Å². The van der Waals surface area contributed by atoms with Crippen molar-refractivity contribution in [2.24, 2.45) is 5.92 Å². The third kappa shape index (κ3) is 4.50. The van der Waals surface area contributed by atoms with Gasteiger partial charge in [-0.3, -0.25) is 9.59 Å². The van der Waals surface area contributed by atoms with Crippen LogP contribution in [0.25, 0.3) is 16.6 Å². The minimum atomic E-state index is -0.283. The lowest BCUT2D eigenvalue weighted by Gasteiger charge is -2.10. The van der Waals surface area contributed by atoms with Gasteiger partial charge in [0.25, 0.3) is 5.91 Å². The highest BCUT2D eigenvalue weighted by atomic mass is 16.2. The van der Waals surface area contributed by atoms with Gasteiger partial charge < -0.3 is 15.6 Å². The zero-order valence-electron chi connectivity index (χ0n) is 17.6. The predicted molar refractivity (Wildman–Crippen MR) is 121 cm³/mol. The second-order valence-electron chi connectivity index (χ2n) is 7.67. The molecule has 0 unspecified atom stereocenters. The number of benzene rings is 2. The molecule has 2 aromatic heterocycles. The topological polar surface area (TPSA) is 91.8 Å². The van der Waals surface area contributed by atoms with Crippen molar-refractivity contribution in [3.05, 3.63) is 78.1 Å². The smallest absolute Gasteiger partial charge is 0.271 e. The molecule has 4 aromatic rings. The molecule has 2 aromatic carbocycles. The molecule has 0 aliphatic carbocycles. The molecule has 2 amide bonds. The number of nitrogens with one attached hydrogen (secondary N) is 3. The van der Waals surface area contributed by atoms with Crippen molar-refractivity contribution in [1.82, 2.24) is 20.1 Å². The summed E-state index contributed by atoms with van der Waals surface area (Å²) in [5.41, 5.74) is 3.24. The number of hydrogen-bond donors (Lipinski definition) is 3. The molecule has 0 saturated heterocycles. The Morgan fingerprint density at radius 2 is 1.81 bits per heavy atom. The standard InChI is InChI=1S/C24H25N5O2/c1-16(2)23(30)27-22-14-21(28-29(22)18-8-4-3-5-9-18)24(31)25-13-12-17-15-26-20-11-7-6-10-19(17)20/h3-11,14-16,26H,12-13H2,1-2H3,(H,25,31)(H,27,30). The Bertz CT molecular complexity index is 1210. The SMILES string of the molecule is CC(C)C(=O)Nc1cc(C(=O)NCCc2c[nH]c3ccccc23)nn1-c1ccccc1. The Balaban J connectivity index is 1.49. The summed E-state index contributed by atoms with van der Waals surface area (Å²) in [5, 5.41) is 11.4. The van der Waals surface area contributed by atoms with Crippen molar-refractivity contribution >= 4 is 28.5 Å². The number of fused-ring (bicyclic) bond motifs is 1. The van der Waals surface area contributed by atoms with E-state index in [1.807, 2.05) is 68.6 Å². The molecule has 4 rings (SSSR count). The van der Waals surface area contributed by atoms with Crippen LogP contribution in [0, 0.1) is 5.92 Å². The highest BCUT2D eigenvalue weighted by Gasteiger charge is 2.18. The Kier molecular flexibility index (Phi) is 5.84. The molecule has 0 aliphatic rings. The molecule has 0 bridgehead atoms. The Morgan fingerprint density at radius 3 is 2.58 bits per heavy atom. The molecule has 31 heavy (non-hydrogen) atoms. The van der Waals surface area contributed by atoms with Crippen LogP contribution in [0.4, 0.5) is 5.82 Å². The summed E-state index contributed by atoms with van der Waals surface area (Å²) in [7, 11) is 0. The Morgan fingerprint density at radius 1 is 1.06 bits per heavy atom. The molecule has 0 fully saturated rings. The first-order chi connectivity index (χ1) is 15.0.